The predicted molar refractivity (Wildman–Crippen MR) is 66.4 cm³/mol. The molecule has 3 heteroatoms. The van der Waals surface area contributed by atoms with Crippen LogP contribution in [0, 0.1) is 0 Å². The van der Waals surface area contributed by atoms with Crippen molar-refractivity contribution in [1.29, 1.82) is 0 Å². The van der Waals surface area contributed by atoms with E-state index in [0.717, 1.165) is 38.4 Å². The van der Waals surface area contributed by atoms with Gasteiger partial charge in [-0.25, -0.2) is 0 Å². The topological polar surface area (TPSA) is 38.5 Å². The summed E-state index contributed by atoms with van der Waals surface area (Å²) in [5.41, 5.74) is 7.86. The predicted octanol–water partition coefficient (Wildman–Crippen LogP) is 1.53. The highest BCUT2D eigenvalue weighted by Gasteiger charge is 2.16. The number of benzene rings is 1. The lowest BCUT2D eigenvalue weighted by Crippen LogP contribution is -2.43. The third kappa shape index (κ3) is 2.97. The molecule has 2 rings (SSSR count). The second-order valence-electron chi connectivity index (χ2n) is 4.44. The molecule has 1 aliphatic rings. The van der Waals surface area contributed by atoms with E-state index in [0.29, 0.717) is 6.04 Å². The zero-order valence-electron chi connectivity index (χ0n) is 9.86. The Kier molecular flexibility index (Phi) is 3.80. The van der Waals surface area contributed by atoms with Crippen molar-refractivity contribution in [2.45, 2.75) is 19.4 Å². The van der Waals surface area contributed by atoms with Crippen LogP contribution in [-0.2, 0) is 11.2 Å². The molecule has 0 amide bonds. The van der Waals surface area contributed by atoms with Gasteiger partial charge in [0.1, 0.15) is 0 Å². The first-order valence-electron chi connectivity index (χ1n) is 5.92. The monoisotopic (exact) mass is 220 g/mol. The average Bonchev–Trinajstić information content (AvgIpc) is 2.33. The van der Waals surface area contributed by atoms with Gasteiger partial charge in [-0.3, -0.25) is 4.90 Å². The van der Waals surface area contributed by atoms with Crippen LogP contribution in [0.5, 0.6) is 0 Å². The molecule has 1 unspecified atom stereocenters. The van der Waals surface area contributed by atoms with E-state index in [4.69, 9.17) is 10.5 Å². The van der Waals surface area contributed by atoms with Gasteiger partial charge in [-0.15, -0.1) is 0 Å². The number of hydrogen-bond donors (Lipinski definition) is 1. The van der Waals surface area contributed by atoms with Gasteiger partial charge in [-0.1, -0.05) is 12.1 Å². The zero-order chi connectivity index (χ0) is 11.4. The molecule has 2 N–H and O–H groups in total. The fraction of sp³-hybridized carbons (Fsp3) is 0.538. The van der Waals surface area contributed by atoms with Gasteiger partial charge in [0, 0.05) is 24.8 Å². The molecule has 0 spiro atoms. The smallest absolute Gasteiger partial charge is 0.0594 e. The van der Waals surface area contributed by atoms with Gasteiger partial charge in [0.05, 0.1) is 13.2 Å². The molecule has 1 fully saturated rings. The SMILES string of the molecule is CC(Cc1ccc(N)cc1)N1CCOCC1. The highest BCUT2D eigenvalue weighted by Crippen LogP contribution is 2.12. The van der Waals surface area contributed by atoms with Gasteiger partial charge >= 0.3 is 0 Å². The normalized spacial score (nSPS) is 19.6. The van der Waals surface area contributed by atoms with Gasteiger partial charge in [-0.2, -0.15) is 0 Å². The van der Waals surface area contributed by atoms with E-state index in [1.54, 1.807) is 0 Å². The van der Waals surface area contributed by atoms with E-state index < -0.39 is 0 Å². The van der Waals surface area contributed by atoms with Crippen LogP contribution in [-0.4, -0.2) is 37.2 Å². The quantitative estimate of drug-likeness (QED) is 0.785. The second-order valence-corrected chi connectivity index (χ2v) is 4.44. The molecule has 0 bridgehead atoms. The van der Waals surface area contributed by atoms with E-state index in [-0.39, 0.29) is 0 Å². The van der Waals surface area contributed by atoms with Crippen molar-refractivity contribution in [3.8, 4) is 0 Å². The minimum Gasteiger partial charge on any atom is -0.399 e. The van der Waals surface area contributed by atoms with Crippen LogP contribution in [0.2, 0.25) is 0 Å². The van der Waals surface area contributed by atoms with E-state index in [1.807, 2.05) is 12.1 Å². The Labute approximate surface area is 97.2 Å². The van der Waals surface area contributed by atoms with Crippen molar-refractivity contribution in [2.24, 2.45) is 0 Å². The number of rotatable bonds is 3. The molecule has 1 saturated heterocycles. The van der Waals surface area contributed by atoms with Gasteiger partial charge in [0.25, 0.3) is 0 Å². The molecule has 1 heterocycles. The lowest BCUT2D eigenvalue weighted by atomic mass is 10.1. The summed E-state index contributed by atoms with van der Waals surface area (Å²) in [5, 5.41) is 0. The third-order valence-electron chi connectivity index (χ3n) is 3.18. The summed E-state index contributed by atoms with van der Waals surface area (Å²) >= 11 is 0. The first-order chi connectivity index (χ1) is 7.75. The van der Waals surface area contributed by atoms with Crippen LogP contribution in [0.1, 0.15) is 12.5 Å². The highest BCUT2D eigenvalue weighted by molar-refractivity contribution is 5.39. The van der Waals surface area contributed by atoms with E-state index in [2.05, 4.69) is 24.0 Å². The van der Waals surface area contributed by atoms with Crippen LogP contribution in [0.15, 0.2) is 24.3 Å². The number of nitrogen functional groups attached to an aromatic ring is 1. The maximum Gasteiger partial charge on any atom is 0.0594 e. The molecule has 0 radical (unpaired) electrons. The molecular formula is C13H20N2O. The Hall–Kier alpha value is -1.06. The van der Waals surface area contributed by atoms with E-state index in [1.165, 1.54) is 5.56 Å². The van der Waals surface area contributed by atoms with Crippen molar-refractivity contribution < 1.29 is 4.74 Å². The molecule has 1 atom stereocenters. The lowest BCUT2D eigenvalue weighted by molar-refractivity contribution is 0.0203. The molecule has 1 aromatic carbocycles. The maximum absolute atomic E-state index is 5.67. The molecule has 16 heavy (non-hydrogen) atoms. The Balaban J connectivity index is 1.90. The number of anilines is 1. The first-order valence-corrected chi connectivity index (χ1v) is 5.92. The zero-order valence-corrected chi connectivity index (χ0v) is 9.86. The molecule has 0 saturated carbocycles. The van der Waals surface area contributed by atoms with Crippen LogP contribution in [0.25, 0.3) is 0 Å². The summed E-state index contributed by atoms with van der Waals surface area (Å²) < 4.78 is 5.36. The van der Waals surface area contributed by atoms with Crippen LogP contribution >= 0.6 is 0 Å². The summed E-state index contributed by atoms with van der Waals surface area (Å²) in [5.74, 6) is 0. The van der Waals surface area contributed by atoms with Crippen molar-refractivity contribution >= 4 is 5.69 Å². The Morgan fingerprint density at radius 1 is 1.25 bits per heavy atom. The van der Waals surface area contributed by atoms with E-state index in [9.17, 15) is 0 Å². The number of nitrogens with two attached hydrogens (primary N) is 1. The third-order valence-corrected chi connectivity index (χ3v) is 3.18. The average molecular weight is 220 g/mol. The van der Waals surface area contributed by atoms with Crippen LogP contribution in [0.3, 0.4) is 0 Å². The number of nitrogens with zero attached hydrogens (tertiary/aromatic N) is 1. The fourth-order valence-electron chi connectivity index (χ4n) is 2.14. The summed E-state index contributed by atoms with van der Waals surface area (Å²) in [7, 11) is 0. The molecule has 88 valence electrons. The van der Waals surface area contributed by atoms with Crippen LogP contribution < -0.4 is 5.73 Å². The Bertz CT molecular complexity index is 317. The molecule has 0 aliphatic carbocycles. The van der Waals surface area contributed by atoms with Crippen molar-refractivity contribution in [1.82, 2.24) is 4.90 Å². The minimum atomic E-state index is 0.576. The van der Waals surface area contributed by atoms with Gasteiger partial charge < -0.3 is 10.5 Å². The summed E-state index contributed by atoms with van der Waals surface area (Å²) in [6.07, 6.45) is 1.08. The Morgan fingerprint density at radius 3 is 2.50 bits per heavy atom. The molecular weight excluding hydrogens is 200 g/mol. The largest absolute Gasteiger partial charge is 0.399 e. The molecule has 1 aliphatic heterocycles. The number of hydrogen-bond acceptors (Lipinski definition) is 3. The fourth-order valence-corrected chi connectivity index (χ4v) is 2.14. The lowest BCUT2D eigenvalue weighted by Gasteiger charge is -2.32. The van der Waals surface area contributed by atoms with Crippen LogP contribution in [0.4, 0.5) is 5.69 Å². The van der Waals surface area contributed by atoms with Gasteiger partial charge in [-0.05, 0) is 31.0 Å². The van der Waals surface area contributed by atoms with Crippen molar-refractivity contribution in [3.63, 3.8) is 0 Å². The molecule has 1 aromatic rings. The van der Waals surface area contributed by atoms with Gasteiger partial charge in [0.2, 0.25) is 0 Å². The van der Waals surface area contributed by atoms with Crippen molar-refractivity contribution in [3.05, 3.63) is 29.8 Å². The van der Waals surface area contributed by atoms with Gasteiger partial charge in [0.15, 0.2) is 0 Å². The number of ether oxygens (including phenoxy) is 1. The summed E-state index contributed by atoms with van der Waals surface area (Å²) in [6, 6.07) is 8.76. The molecule has 3 nitrogen and oxygen atoms in total. The van der Waals surface area contributed by atoms with E-state index >= 15 is 0 Å². The Morgan fingerprint density at radius 2 is 1.88 bits per heavy atom. The minimum absolute atomic E-state index is 0.576. The standard InChI is InChI=1S/C13H20N2O/c1-11(15-6-8-16-9-7-15)10-12-2-4-13(14)5-3-12/h2-5,11H,6-10,14H2,1H3. The van der Waals surface area contributed by atoms with Crippen molar-refractivity contribution in [2.75, 3.05) is 32.0 Å². The summed E-state index contributed by atoms with van der Waals surface area (Å²) in [6.45, 7) is 6.12. The number of morpholine rings is 1. The molecule has 0 aromatic heterocycles. The maximum atomic E-state index is 5.67. The summed E-state index contributed by atoms with van der Waals surface area (Å²) in [4.78, 5) is 2.49. The highest BCUT2D eigenvalue weighted by atomic mass is 16.5. The second kappa shape index (κ2) is 5.32. The first kappa shape index (κ1) is 11.4.